The highest BCUT2D eigenvalue weighted by Gasteiger charge is 2.53. The van der Waals surface area contributed by atoms with Crippen molar-refractivity contribution in [3.05, 3.63) is 48.0 Å². The van der Waals surface area contributed by atoms with Crippen LogP contribution in [0.15, 0.2) is 42.5 Å². The number of benzene rings is 1. The molecule has 0 radical (unpaired) electrons. The Kier molecular flexibility index (Phi) is 6.41. The first-order valence-electron chi connectivity index (χ1n) is 10.5. The molecule has 6 atom stereocenters. The third-order valence-electron chi connectivity index (χ3n) is 6.96. The highest BCUT2D eigenvalue weighted by atomic mass is 16.5. The quantitative estimate of drug-likeness (QED) is 0.539. The van der Waals surface area contributed by atoms with Gasteiger partial charge in [-0.1, -0.05) is 44.2 Å². The summed E-state index contributed by atoms with van der Waals surface area (Å²) in [5, 5.41) is 9.48. The molecule has 0 heterocycles. The number of carbonyl (C=O) groups excluding carboxylic acids is 1. The van der Waals surface area contributed by atoms with Gasteiger partial charge in [0.1, 0.15) is 6.10 Å². The van der Waals surface area contributed by atoms with Crippen LogP contribution in [-0.2, 0) is 4.74 Å². The van der Waals surface area contributed by atoms with Crippen molar-refractivity contribution in [3.8, 4) is 0 Å². The standard InChI is InChI=1S/C24H34O3/c1-17(9-7-10-18(2)25)20-14-15-21-22(13-8-16-24(20,21)3)27-23(26)19-11-5-4-6-12-19/h4-7,9,11-12,17-18,20-22,25H,8,10,13-16H2,1-3H3/b9-7+/t17-,18+,20+,21-,22-,24+/m0/s1. The highest BCUT2D eigenvalue weighted by Crippen LogP contribution is 2.58. The topological polar surface area (TPSA) is 46.5 Å². The normalized spacial score (nSPS) is 32.8. The Bertz CT molecular complexity index is 651. The molecule has 0 amide bonds. The highest BCUT2D eigenvalue weighted by molar-refractivity contribution is 5.89. The van der Waals surface area contributed by atoms with Crippen molar-refractivity contribution >= 4 is 5.97 Å². The molecule has 2 aliphatic rings. The van der Waals surface area contributed by atoms with E-state index in [4.69, 9.17) is 4.74 Å². The van der Waals surface area contributed by atoms with Gasteiger partial charge in [0.05, 0.1) is 11.7 Å². The van der Waals surface area contributed by atoms with Crippen LogP contribution in [0.4, 0.5) is 0 Å². The van der Waals surface area contributed by atoms with Crippen molar-refractivity contribution in [2.24, 2.45) is 23.2 Å². The van der Waals surface area contributed by atoms with Crippen molar-refractivity contribution < 1.29 is 14.6 Å². The summed E-state index contributed by atoms with van der Waals surface area (Å²) in [6.45, 7) is 6.54. The van der Waals surface area contributed by atoms with Gasteiger partial charge in [0.2, 0.25) is 0 Å². The van der Waals surface area contributed by atoms with Crippen LogP contribution in [0.2, 0.25) is 0 Å². The molecule has 27 heavy (non-hydrogen) atoms. The Hall–Kier alpha value is -1.61. The van der Waals surface area contributed by atoms with Crippen molar-refractivity contribution in [1.29, 1.82) is 0 Å². The summed E-state index contributed by atoms with van der Waals surface area (Å²) in [7, 11) is 0. The van der Waals surface area contributed by atoms with Crippen LogP contribution in [0.25, 0.3) is 0 Å². The lowest BCUT2D eigenvalue weighted by Crippen LogP contribution is -2.43. The second-order valence-corrected chi connectivity index (χ2v) is 8.87. The van der Waals surface area contributed by atoms with Gasteiger partial charge in [-0.25, -0.2) is 4.79 Å². The van der Waals surface area contributed by atoms with E-state index in [1.54, 1.807) is 0 Å². The van der Waals surface area contributed by atoms with Gasteiger partial charge in [-0.15, -0.1) is 0 Å². The summed E-state index contributed by atoms with van der Waals surface area (Å²) in [4.78, 5) is 12.6. The molecule has 2 aliphatic carbocycles. The molecular weight excluding hydrogens is 336 g/mol. The van der Waals surface area contributed by atoms with Crippen LogP contribution >= 0.6 is 0 Å². The molecular formula is C24H34O3. The first-order valence-corrected chi connectivity index (χ1v) is 10.5. The van der Waals surface area contributed by atoms with E-state index in [2.05, 4.69) is 26.0 Å². The van der Waals surface area contributed by atoms with Gasteiger partial charge in [-0.3, -0.25) is 0 Å². The van der Waals surface area contributed by atoms with Crippen LogP contribution in [0, 0.1) is 23.2 Å². The number of fused-ring (bicyclic) bond motifs is 1. The van der Waals surface area contributed by atoms with Gasteiger partial charge in [-0.2, -0.15) is 0 Å². The van der Waals surface area contributed by atoms with E-state index in [-0.39, 0.29) is 23.6 Å². The van der Waals surface area contributed by atoms with Gasteiger partial charge in [-0.05, 0) is 74.8 Å². The molecule has 2 saturated carbocycles. The number of allylic oxidation sites excluding steroid dienone is 1. The number of aliphatic hydroxyl groups excluding tert-OH is 1. The number of aliphatic hydroxyl groups is 1. The van der Waals surface area contributed by atoms with E-state index in [0.717, 1.165) is 19.3 Å². The van der Waals surface area contributed by atoms with Crippen LogP contribution < -0.4 is 0 Å². The predicted octanol–water partition coefficient (Wildman–Crippen LogP) is 5.39. The molecule has 0 bridgehead atoms. The fourth-order valence-electron chi connectivity index (χ4n) is 5.57. The summed E-state index contributed by atoms with van der Waals surface area (Å²) >= 11 is 0. The van der Waals surface area contributed by atoms with E-state index in [1.807, 2.05) is 37.3 Å². The summed E-state index contributed by atoms with van der Waals surface area (Å²) in [6.07, 6.45) is 10.5. The van der Waals surface area contributed by atoms with E-state index in [1.165, 1.54) is 12.8 Å². The third-order valence-corrected chi connectivity index (χ3v) is 6.96. The Balaban J connectivity index is 1.68. The van der Waals surface area contributed by atoms with Crippen LogP contribution in [0.3, 0.4) is 0 Å². The molecule has 3 heteroatoms. The van der Waals surface area contributed by atoms with Crippen molar-refractivity contribution in [3.63, 3.8) is 0 Å². The summed E-state index contributed by atoms with van der Waals surface area (Å²) in [6, 6.07) is 9.35. The maximum Gasteiger partial charge on any atom is 0.338 e. The molecule has 1 N–H and O–H groups in total. The summed E-state index contributed by atoms with van der Waals surface area (Å²) < 4.78 is 6.01. The largest absolute Gasteiger partial charge is 0.458 e. The monoisotopic (exact) mass is 370 g/mol. The van der Waals surface area contributed by atoms with Gasteiger partial charge < -0.3 is 9.84 Å². The maximum atomic E-state index is 12.6. The smallest absolute Gasteiger partial charge is 0.338 e. The molecule has 0 aliphatic heterocycles. The molecule has 0 aromatic heterocycles. The van der Waals surface area contributed by atoms with Gasteiger partial charge in [0.25, 0.3) is 0 Å². The summed E-state index contributed by atoms with van der Waals surface area (Å²) in [5.41, 5.74) is 0.878. The number of ether oxygens (including phenoxy) is 1. The third kappa shape index (κ3) is 4.45. The molecule has 1 aromatic rings. The van der Waals surface area contributed by atoms with Crippen LogP contribution in [0.5, 0.6) is 0 Å². The Morgan fingerprint density at radius 1 is 1.26 bits per heavy atom. The first-order chi connectivity index (χ1) is 12.9. The second-order valence-electron chi connectivity index (χ2n) is 8.87. The number of carbonyl (C=O) groups is 1. The average Bonchev–Trinajstić information content (AvgIpc) is 3.00. The van der Waals surface area contributed by atoms with E-state index >= 15 is 0 Å². The minimum Gasteiger partial charge on any atom is -0.458 e. The molecule has 0 unspecified atom stereocenters. The lowest BCUT2D eigenvalue weighted by molar-refractivity contribution is -0.0444. The fraction of sp³-hybridized carbons (Fsp3) is 0.625. The minimum atomic E-state index is -0.281. The Morgan fingerprint density at radius 2 is 2.00 bits per heavy atom. The number of esters is 1. The molecule has 3 nitrogen and oxygen atoms in total. The van der Waals surface area contributed by atoms with Crippen molar-refractivity contribution in [2.75, 3.05) is 0 Å². The maximum absolute atomic E-state index is 12.6. The Morgan fingerprint density at radius 3 is 2.70 bits per heavy atom. The SMILES string of the molecule is C[C@@H](O)C/C=C/[C@H](C)[C@H]1CC[C@H]2[C@@H](OC(=O)c3ccccc3)CCC[C@]12C. The molecule has 1 aromatic carbocycles. The summed E-state index contributed by atoms with van der Waals surface area (Å²) in [5.74, 6) is 1.38. The van der Waals surface area contributed by atoms with Crippen molar-refractivity contribution in [2.45, 2.75) is 71.5 Å². The zero-order chi connectivity index (χ0) is 19.4. The van der Waals surface area contributed by atoms with E-state index < -0.39 is 0 Å². The zero-order valence-electron chi connectivity index (χ0n) is 16.9. The zero-order valence-corrected chi connectivity index (χ0v) is 16.9. The number of hydrogen-bond donors (Lipinski definition) is 1. The second kappa shape index (κ2) is 8.60. The van der Waals surface area contributed by atoms with E-state index in [0.29, 0.717) is 29.7 Å². The predicted molar refractivity (Wildman–Crippen MR) is 108 cm³/mol. The first kappa shape index (κ1) is 20.1. The van der Waals surface area contributed by atoms with Crippen LogP contribution in [-0.4, -0.2) is 23.3 Å². The lowest BCUT2D eigenvalue weighted by atomic mass is 9.62. The lowest BCUT2D eigenvalue weighted by Gasteiger charge is -2.45. The van der Waals surface area contributed by atoms with E-state index in [9.17, 15) is 9.90 Å². The van der Waals surface area contributed by atoms with Crippen LogP contribution in [0.1, 0.15) is 69.7 Å². The molecule has 148 valence electrons. The van der Waals surface area contributed by atoms with Crippen molar-refractivity contribution in [1.82, 2.24) is 0 Å². The van der Waals surface area contributed by atoms with Gasteiger partial charge in [0, 0.05) is 5.92 Å². The minimum absolute atomic E-state index is 0.0371. The number of rotatable bonds is 6. The number of hydrogen-bond acceptors (Lipinski definition) is 3. The fourth-order valence-corrected chi connectivity index (χ4v) is 5.57. The average molecular weight is 371 g/mol. The molecule has 2 fully saturated rings. The Labute approximate surface area is 163 Å². The van der Waals surface area contributed by atoms with Gasteiger partial charge in [0.15, 0.2) is 0 Å². The van der Waals surface area contributed by atoms with Gasteiger partial charge >= 0.3 is 5.97 Å². The molecule has 0 saturated heterocycles. The molecule has 0 spiro atoms. The molecule has 3 rings (SSSR count).